The van der Waals surface area contributed by atoms with Gasteiger partial charge in [0.25, 0.3) is 0 Å². The van der Waals surface area contributed by atoms with Crippen LogP contribution in [0.5, 0.6) is 5.88 Å². The fourth-order valence-corrected chi connectivity index (χ4v) is 3.08. The molecule has 0 bridgehead atoms. The Kier molecular flexibility index (Phi) is 10.2. The van der Waals surface area contributed by atoms with Gasteiger partial charge in [0, 0.05) is 30.9 Å². The third-order valence-electron chi connectivity index (χ3n) is 4.67. The second-order valence-corrected chi connectivity index (χ2v) is 7.12. The van der Waals surface area contributed by atoms with Crippen molar-refractivity contribution in [1.82, 2.24) is 20.5 Å². The van der Waals surface area contributed by atoms with Crippen molar-refractivity contribution in [3.8, 4) is 5.88 Å². The highest BCUT2D eigenvalue weighted by atomic mass is 127. The summed E-state index contributed by atoms with van der Waals surface area (Å²) in [5, 5.41) is 6.84. The smallest absolute Gasteiger partial charge is 0.213 e. The number of nitrogens with one attached hydrogen (secondary N) is 2. The molecule has 0 spiro atoms. The van der Waals surface area contributed by atoms with Crippen LogP contribution in [0, 0.1) is 0 Å². The van der Waals surface area contributed by atoms with Crippen LogP contribution in [0.15, 0.2) is 23.3 Å². The van der Waals surface area contributed by atoms with Gasteiger partial charge in [-0.1, -0.05) is 6.42 Å². The average Bonchev–Trinajstić information content (AvgIpc) is 2.65. The molecule has 1 aromatic heterocycles. The molecule has 0 aliphatic carbocycles. The molecule has 0 saturated carbocycles. The van der Waals surface area contributed by atoms with E-state index in [4.69, 9.17) is 9.73 Å². The first-order chi connectivity index (χ1) is 12.0. The zero-order chi connectivity index (χ0) is 18.1. The minimum Gasteiger partial charge on any atom is -0.481 e. The minimum atomic E-state index is 0. The maximum Gasteiger partial charge on any atom is 0.213 e. The Hall–Kier alpha value is -1.09. The summed E-state index contributed by atoms with van der Waals surface area (Å²) in [5.41, 5.74) is 1.20. The number of methoxy groups -OCH3 is 1. The molecule has 2 heterocycles. The summed E-state index contributed by atoms with van der Waals surface area (Å²) in [6.45, 7) is 11.4. The number of hydrogen-bond donors (Lipinski definition) is 2. The molecule has 0 aromatic carbocycles. The molecule has 1 saturated heterocycles. The largest absolute Gasteiger partial charge is 0.481 e. The van der Waals surface area contributed by atoms with Gasteiger partial charge in [-0.15, -0.1) is 24.0 Å². The second kappa shape index (κ2) is 11.6. The van der Waals surface area contributed by atoms with E-state index in [1.54, 1.807) is 13.3 Å². The van der Waals surface area contributed by atoms with E-state index in [0.29, 0.717) is 12.4 Å². The molecular formula is C19H34IN5O. The lowest BCUT2D eigenvalue weighted by molar-refractivity contribution is 0.0982. The van der Waals surface area contributed by atoms with Gasteiger partial charge in [-0.2, -0.15) is 0 Å². The molecule has 148 valence electrons. The van der Waals surface area contributed by atoms with E-state index in [9.17, 15) is 0 Å². The fraction of sp³-hybridized carbons (Fsp3) is 0.684. The third kappa shape index (κ3) is 7.26. The van der Waals surface area contributed by atoms with Crippen molar-refractivity contribution >= 4 is 29.9 Å². The molecule has 1 aliphatic heterocycles. The number of likely N-dealkylation sites (tertiary alicyclic amines) is 1. The number of halogens is 1. The Morgan fingerprint density at radius 2 is 2.00 bits per heavy atom. The summed E-state index contributed by atoms with van der Waals surface area (Å²) in [6.07, 6.45) is 5.73. The number of pyridine rings is 1. The van der Waals surface area contributed by atoms with Crippen molar-refractivity contribution in [3.63, 3.8) is 0 Å². The van der Waals surface area contributed by atoms with Crippen molar-refractivity contribution in [2.45, 2.75) is 52.1 Å². The quantitative estimate of drug-likeness (QED) is 0.361. The Morgan fingerprint density at radius 1 is 1.27 bits per heavy atom. The van der Waals surface area contributed by atoms with E-state index in [1.165, 1.54) is 32.4 Å². The van der Waals surface area contributed by atoms with E-state index in [1.807, 2.05) is 12.1 Å². The number of ether oxygens (including phenoxy) is 1. The van der Waals surface area contributed by atoms with Crippen molar-refractivity contribution in [2.75, 3.05) is 33.3 Å². The summed E-state index contributed by atoms with van der Waals surface area (Å²) in [4.78, 5) is 11.4. The maximum absolute atomic E-state index is 5.17. The Morgan fingerprint density at radius 3 is 2.65 bits per heavy atom. The van der Waals surface area contributed by atoms with E-state index in [2.05, 4.69) is 41.3 Å². The van der Waals surface area contributed by atoms with Gasteiger partial charge in [-0.25, -0.2) is 9.98 Å². The second-order valence-electron chi connectivity index (χ2n) is 7.12. The molecule has 26 heavy (non-hydrogen) atoms. The van der Waals surface area contributed by atoms with Gasteiger partial charge >= 0.3 is 0 Å². The van der Waals surface area contributed by atoms with E-state index in [-0.39, 0.29) is 29.5 Å². The van der Waals surface area contributed by atoms with Crippen molar-refractivity contribution in [3.05, 3.63) is 23.9 Å². The number of hydrogen-bond acceptors (Lipinski definition) is 4. The first-order valence-electron chi connectivity index (χ1n) is 9.31. The van der Waals surface area contributed by atoms with Crippen molar-refractivity contribution in [2.24, 2.45) is 4.99 Å². The molecule has 0 amide bonds. The summed E-state index contributed by atoms with van der Waals surface area (Å²) < 4.78 is 5.17. The van der Waals surface area contributed by atoms with Gasteiger partial charge in [-0.05, 0) is 58.3 Å². The summed E-state index contributed by atoms with van der Waals surface area (Å²) >= 11 is 0. The number of aromatic nitrogens is 1. The molecule has 6 nitrogen and oxygen atoms in total. The SMILES string of the molecule is CCNC(=NCc1ccnc(OC)c1)NCC(C)(C)N1CCCCC1.I. The van der Waals surface area contributed by atoms with Crippen LogP contribution in [0.3, 0.4) is 0 Å². The van der Waals surface area contributed by atoms with E-state index in [0.717, 1.165) is 24.6 Å². The third-order valence-corrected chi connectivity index (χ3v) is 4.67. The zero-order valence-corrected chi connectivity index (χ0v) is 18.9. The molecule has 1 fully saturated rings. The highest BCUT2D eigenvalue weighted by Crippen LogP contribution is 2.19. The molecule has 0 unspecified atom stereocenters. The fourth-order valence-electron chi connectivity index (χ4n) is 3.08. The lowest BCUT2D eigenvalue weighted by Crippen LogP contribution is -2.54. The average molecular weight is 475 g/mol. The number of guanidine groups is 1. The van der Waals surface area contributed by atoms with Crippen LogP contribution in [0.4, 0.5) is 0 Å². The number of nitrogens with zero attached hydrogens (tertiary/aromatic N) is 3. The van der Waals surface area contributed by atoms with Crippen molar-refractivity contribution < 1.29 is 4.74 Å². The number of aliphatic imine (C=N–C) groups is 1. The lowest BCUT2D eigenvalue weighted by atomic mass is 9.98. The van der Waals surface area contributed by atoms with Gasteiger partial charge in [0.15, 0.2) is 5.96 Å². The predicted octanol–water partition coefficient (Wildman–Crippen LogP) is 3.03. The Balaban J connectivity index is 0.00000338. The molecule has 7 heteroatoms. The maximum atomic E-state index is 5.17. The summed E-state index contributed by atoms with van der Waals surface area (Å²) in [5.74, 6) is 1.47. The summed E-state index contributed by atoms with van der Waals surface area (Å²) in [7, 11) is 1.63. The van der Waals surface area contributed by atoms with Gasteiger partial charge < -0.3 is 15.4 Å². The van der Waals surface area contributed by atoms with Crippen molar-refractivity contribution in [1.29, 1.82) is 0 Å². The monoisotopic (exact) mass is 475 g/mol. The molecule has 0 atom stereocenters. The zero-order valence-electron chi connectivity index (χ0n) is 16.5. The molecule has 0 radical (unpaired) electrons. The topological polar surface area (TPSA) is 61.8 Å². The van der Waals surface area contributed by atoms with E-state index < -0.39 is 0 Å². The molecule has 2 N–H and O–H groups in total. The standard InChI is InChI=1S/C19H33N5O.HI/c1-5-20-18(22-14-16-9-10-21-17(13-16)25-4)23-15-19(2,3)24-11-7-6-8-12-24;/h9-10,13H,5-8,11-12,14-15H2,1-4H3,(H2,20,22,23);1H. The molecule has 2 rings (SSSR count). The highest BCUT2D eigenvalue weighted by Gasteiger charge is 2.27. The van der Waals surface area contributed by atoms with Crippen LogP contribution in [0.1, 0.15) is 45.6 Å². The number of rotatable bonds is 7. The molecule has 1 aromatic rings. The van der Waals surface area contributed by atoms with Crippen LogP contribution in [-0.2, 0) is 6.54 Å². The minimum absolute atomic E-state index is 0. The predicted molar refractivity (Wildman–Crippen MR) is 119 cm³/mol. The molecular weight excluding hydrogens is 441 g/mol. The van der Waals surface area contributed by atoms with Crippen LogP contribution in [-0.4, -0.2) is 54.7 Å². The van der Waals surface area contributed by atoms with Gasteiger partial charge in [0.1, 0.15) is 0 Å². The van der Waals surface area contributed by atoms with Crippen LogP contribution >= 0.6 is 24.0 Å². The van der Waals surface area contributed by atoms with Crippen LogP contribution in [0.2, 0.25) is 0 Å². The van der Waals surface area contributed by atoms with Gasteiger partial charge in [0.05, 0.1) is 13.7 Å². The van der Waals surface area contributed by atoms with E-state index >= 15 is 0 Å². The van der Waals surface area contributed by atoms with Gasteiger partial charge in [-0.3, -0.25) is 4.90 Å². The first-order valence-corrected chi connectivity index (χ1v) is 9.31. The molecule has 1 aliphatic rings. The Bertz CT molecular complexity index is 559. The first kappa shape index (κ1) is 23.0. The highest BCUT2D eigenvalue weighted by molar-refractivity contribution is 14.0. The Labute approximate surface area is 175 Å². The van der Waals surface area contributed by atoms with Gasteiger partial charge in [0.2, 0.25) is 5.88 Å². The summed E-state index contributed by atoms with van der Waals surface area (Å²) in [6, 6.07) is 3.89. The van der Waals surface area contributed by atoms with Crippen LogP contribution < -0.4 is 15.4 Å². The van der Waals surface area contributed by atoms with Crippen LogP contribution in [0.25, 0.3) is 0 Å². The number of piperidine rings is 1. The normalized spacial score (nSPS) is 15.9. The lowest BCUT2D eigenvalue weighted by Gasteiger charge is -2.41.